The van der Waals surface area contributed by atoms with E-state index < -0.39 is 34.3 Å². The van der Waals surface area contributed by atoms with Crippen molar-refractivity contribution in [1.82, 2.24) is 10.2 Å². The number of halogens is 1. The third-order valence-corrected chi connectivity index (χ3v) is 6.74. The zero-order valence-electron chi connectivity index (χ0n) is 20.4. The Morgan fingerprint density at radius 2 is 1.74 bits per heavy atom. The van der Waals surface area contributed by atoms with Gasteiger partial charge in [-0.05, 0) is 50.5 Å². The molecule has 0 heterocycles. The zero-order chi connectivity index (χ0) is 25.5. The van der Waals surface area contributed by atoms with Crippen LogP contribution in [0.15, 0.2) is 48.5 Å². The first-order chi connectivity index (χ1) is 16.0. The molecule has 0 aliphatic rings. The Balaban J connectivity index is 2.44. The second kappa shape index (κ2) is 12.0. The molecule has 2 aromatic rings. The number of anilines is 1. The monoisotopic (exact) mass is 491 g/mol. The Hall–Kier alpha value is -2.94. The fourth-order valence-electron chi connectivity index (χ4n) is 3.61. The first-order valence-electron chi connectivity index (χ1n) is 11.3. The lowest BCUT2D eigenvalue weighted by atomic mass is 10.1. The molecule has 0 bridgehead atoms. The molecule has 2 rings (SSSR count). The zero-order valence-corrected chi connectivity index (χ0v) is 21.2. The number of rotatable bonds is 11. The lowest BCUT2D eigenvalue weighted by Crippen LogP contribution is -2.53. The standard InChI is InChI=1S/C25H34FN3O4S/c1-6-19(4)27-25(31)23(7-2)28(16-20-11-8-10-18(3)14-20)24(30)17-29(34(5,32)33)22-13-9-12-21(26)15-22/h8-15,19,23H,6-7,16-17H2,1-5H3,(H,27,31). The Morgan fingerprint density at radius 3 is 2.29 bits per heavy atom. The predicted molar refractivity (Wildman–Crippen MR) is 132 cm³/mol. The topological polar surface area (TPSA) is 86.8 Å². The summed E-state index contributed by atoms with van der Waals surface area (Å²) in [6, 6.07) is 11.8. The van der Waals surface area contributed by atoms with Crippen molar-refractivity contribution in [3.05, 3.63) is 65.5 Å². The van der Waals surface area contributed by atoms with E-state index in [-0.39, 0.29) is 24.2 Å². The maximum Gasteiger partial charge on any atom is 0.244 e. The summed E-state index contributed by atoms with van der Waals surface area (Å²) >= 11 is 0. The minimum Gasteiger partial charge on any atom is -0.352 e. The summed E-state index contributed by atoms with van der Waals surface area (Å²) in [6.45, 7) is 7.14. The van der Waals surface area contributed by atoms with Crippen LogP contribution < -0.4 is 9.62 Å². The lowest BCUT2D eigenvalue weighted by molar-refractivity contribution is -0.140. The molecule has 0 spiro atoms. The normalized spacial score (nSPS) is 13.1. The molecule has 2 atom stereocenters. The first-order valence-corrected chi connectivity index (χ1v) is 13.2. The van der Waals surface area contributed by atoms with Crippen molar-refractivity contribution in [2.45, 2.75) is 59.2 Å². The molecule has 0 fully saturated rings. The Bertz CT molecular complexity index is 1110. The summed E-state index contributed by atoms with van der Waals surface area (Å²) in [5.74, 6) is -1.47. The summed E-state index contributed by atoms with van der Waals surface area (Å²) < 4.78 is 39.7. The molecule has 9 heteroatoms. The van der Waals surface area contributed by atoms with Gasteiger partial charge in [-0.1, -0.05) is 49.7 Å². The number of carbonyl (C=O) groups excluding carboxylic acids is 2. The highest BCUT2D eigenvalue weighted by Crippen LogP contribution is 2.21. The number of benzene rings is 2. The van der Waals surface area contributed by atoms with E-state index in [1.54, 1.807) is 6.92 Å². The molecule has 0 saturated heterocycles. The maximum atomic E-state index is 13.8. The van der Waals surface area contributed by atoms with Crippen LogP contribution in [0.4, 0.5) is 10.1 Å². The van der Waals surface area contributed by atoms with E-state index in [0.717, 1.165) is 34.2 Å². The molecule has 34 heavy (non-hydrogen) atoms. The Labute approximate surface area is 202 Å². The molecular weight excluding hydrogens is 457 g/mol. The van der Waals surface area contributed by atoms with Gasteiger partial charge in [0.25, 0.3) is 0 Å². The summed E-state index contributed by atoms with van der Waals surface area (Å²) in [4.78, 5) is 28.0. The molecule has 1 N–H and O–H groups in total. The SMILES string of the molecule is CCC(C)NC(=O)C(CC)N(Cc1cccc(C)c1)C(=O)CN(c1cccc(F)c1)S(C)(=O)=O. The van der Waals surface area contributed by atoms with Crippen molar-refractivity contribution >= 4 is 27.5 Å². The van der Waals surface area contributed by atoms with E-state index in [9.17, 15) is 22.4 Å². The second-order valence-corrected chi connectivity index (χ2v) is 10.4. The number of nitrogens with one attached hydrogen (secondary N) is 1. The van der Waals surface area contributed by atoms with Crippen LogP contribution in [0, 0.1) is 12.7 Å². The fraction of sp³-hybridized carbons (Fsp3) is 0.440. The lowest BCUT2D eigenvalue weighted by Gasteiger charge is -2.33. The minimum atomic E-state index is -3.90. The smallest absolute Gasteiger partial charge is 0.244 e. The van der Waals surface area contributed by atoms with Gasteiger partial charge in [-0.2, -0.15) is 0 Å². The molecule has 0 saturated carbocycles. The molecule has 0 radical (unpaired) electrons. The number of nitrogens with zero attached hydrogens (tertiary/aromatic N) is 2. The molecule has 7 nitrogen and oxygen atoms in total. The quantitative estimate of drug-likeness (QED) is 0.520. The summed E-state index contributed by atoms with van der Waals surface area (Å²) in [6.07, 6.45) is 2.04. The van der Waals surface area contributed by atoms with Crippen molar-refractivity contribution in [3.63, 3.8) is 0 Å². The van der Waals surface area contributed by atoms with E-state index in [2.05, 4.69) is 5.32 Å². The van der Waals surface area contributed by atoms with Crippen LogP contribution in [0.1, 0.15) is 44.7 Å². The number of amides is 2. The van der Waals surface area contributed by atoms with Crippen molar-refractivity contribution in [2.24, 2.45) is 0 Å². The molecule has 0 aromatic heterocycles. The van der Waals surface area contributed by atoms with Gasteiger partial charge in [0.2, 0.25) is 21.8 Å². The predicted octanol–water partition coefficient (Wildman–Crippen LogP) is 3.62. The summed E-state index contributed by atoms with van der Waals surface area (Å²) in [5.41, 5.74) is 1.86. The van der Waals surface area contributed by atoms with Gasteiger partial charge in [-0.25, -0.2) is 12.8 Å². The fourth-order valence-corrected chi connectivity index (χ4v) is 4.45. The molecule has 0 aliphatic heterocycles. The van der Waals surface area contributed by atoms with Gasteiger partial charge in [0, 0.05) is 12.6 Å². The van der Waals surface area contributed by atoms with Gasteiger partial charge in [0.15, 0.2) is 0 Å². The third kappa shape index (κ3) is 7.55. The Kier molecular flexibility index (Phi) is 9.61. The van der Waals surface area contributed by atoms with Gasteiger partial charge in [-0.15, -0.1) is 0 Å². The van der Waals surface area contributed by atoms with E-state index >= 15 is 0 Å². The highest BCUT2D eigenvalue weighted by Gasteiger charge is 2.32. The van der Waals surface area contributed by atoms with Crippen molar-refractivity contribution in [1.29, 1.82) is 0 Å². The van der Waals surface area contributed by atoms with E-state index in [0.29, 0.717) is 6.42 Å². The Morgan fingerprint density at radius 1 is 1.06 bits per heavy atom. The van der Waals surface area contributed by atoms with Crippen molar-refractivity contribution < 1.29 is 22.4 Å². The van der Waals surface area contributed by atoms with Crippen LogP contribution in [0.3, 0.4) is 0 Å². The number of sulfonamides is 1. The van der Waals surface area contributed by atoms with Gasteiger partial charge < -0.3 is 10.2 Å². The largest absolute Gasteiger partial charge is 0.352 e. The van der Waals surface area contributed by atoms with Crippen LogP contribution in [0.2, 0.25) is 0 Å². The summed E-state index contributed by atoms with van der Waals surface area (Å²) in [7, 11) is -3.90. The second-order valence-electron chi connectivity index (χ2n) is 8.50. The average molecular weight is 492 g/mol. The van der Waals surface area contributed by atoms with Crippen molar-refractivity contribution in [3.8, 4) is 0 Å². The first kappa shape index (κ1) is 27.3. The van der Waals surface area contributed by atoms with Gasteiger partial charge in [0.1, 0.15) is 18.4 Å². The molecule has 0 aliphatic carbocycles. The molecule has 2 aromatic carbocycles. The van der Waals surface area contributed by atoms with Gasteiger partial charge in [-0.3, -0.25) is 13.9 Å². The third-order valence-electron chi connectivity index (χ3n) is 5.60. The molecule has 2 unspecified atom stereocenters. The molecular formula is C25H34FN3O4S. The van der Waals surface area contributed by atoms with Crippen LogP contribution in [-0.2, 0) is 26.2 Å². The van der Waals surface area contributed by atoms with E-state index in [1.165, 1.54) is 23.1 Å². The average Bonchev–Trinajstić information content (AvgIpc) is 2.76. The van der Waals surface area contributed by atoms with Crippen LogP contribution in [-0.4, -0.2) is 50.0 Å². The van der Waals surface area contributed by atoms with Crippen LogP contribution in [0.5, 0.6) is 0 Å². The highest BCUT2D eigenvalue weighted by molar-refractivity contribution is 7.92. The van der Waals surface area contributed by atoms with Crippen LogP contribution in [0.25, 0.3) is 0 Å². The van der Waals surface area contributed by atoms with Crippen molar-refractivity contribution in [2.75, 3.05) is 17.1 Å². The maximum absolute atomic E-state index is 13.8. The van der Waals surface area contributed by atoms with Gasteiger partial charge >= 0.3 is 0 Å². The number of hydrogen-bond acceptors (Lipinski definition) is 4. The number of hydrogen-bond donors (Lipinski definition) is 1. The highest BCUT2D eigenvalue weighted by atomic mass is 32.2. The number of aryl methyl sites for hydroxylation is 1. The van der Waals surface area contributed by atoms with E-state index in [1.807, 2.05) is 45.0 Å². The summed E-state index contributed by atoms with van der Waals surface area (Å²) in [5, 5.41) is 2.92. The molecule has 186 valence electrons. The number of carbonyl (C=O) groups is 2. The van der Waals surface area contributed by atoms with Gasteiger partial charge in [0.05, 0.1) is 11.9 Å². The minimum absolute atomic E-state index is 0.0449. The van der Waals surface area contributed by atoms with E-state index in [4.69, 9.17) is 0 Å². The molecule has 2 amide bonds. The van der Waals surface area contributed by atoms with Crippen LogP contribution >= 0.6 is 0 Å².